The Labute approximate surface area is 133 Å². The van der Waals surface area contributed by atoms with Crippen molar-refractivity contribution in [2.75, 3.05) is 10.6 Å². The first-order chi connectivity index (χ1) is 10.7. The number of hydrogen-bond acceptors (Lipinski definition) is 4. The van der Waals surface area contributed by atoms with Gasteiger partial charge in [0.05, 0.1) is 10.6 Å². The Hall–Kier alpha value is -2.90. The number of nitrogens with zero attached hydrogens (tertiary/aromatic N) is 3. The van der Waals surface area contributed by atoms with Gasteiger partial charge in [-0.3, -0.25) is 20.1 Å². The first kappa shape index (κ1) is 16.5. The van der Waals surface area contributed by atoms with E-state index in [2.05, 4.69) is 15.7 Å². The molecule has 0 aliphatic heterocycles. The molecule has 0 unspecified atom stereocenters. The fraction of sp³-hybridized carbons (Fsp3) is 0.333. The van der Waals surface area contributed by atoms with Crippen LogP contribution < -0.4 is 10.6 Å². The zero-order valence-electron chi connectivity index (χ0n) is 13.5. The molecule has 0 aliphatic rings. The summed E-state index contributed by atoms with van der Waals surface area (Å²) in [5.74, 6) is 0.540. The number of urea groups is 1. The second kappa shape index (κ2) is 6.07. The highest BCUT2D eigenvalue weighted by atomic mass is 16.6. The standard InChI is InChI=1S/C15H19N5O3/c1-15(2,3)12-9-13(19(4)18-12)17-14(21)16-10-6-5-7-11(8-10)20(22)23/h5-9H,1-4H3,(H2,16,17,21). The molecule has 0 saturated heterocycles. The van der Waals surface area contributed by atoms with Crippen LogP contribution >= 0.6 is 0 Å². The molecule has 8 nitrogen and oxygen atoms in total. The van der Waals surface area contributed by atoms with Crippen LogP contribution in [-0.4, -0.2) is 20.7 Å². The molecule has 1 heterocycles. The molecule has 0 bridgehead atoms. The van der Waals surface area contributed by atoms with Crippen LogP contribution in [0, 0.1) is 10.1 Å². The summed E-state index contributed by atoms with van der Waals surface area (Å²) in [7, 11) is 1.73. The summed E-state index contributed by atoms with van der Waals surface area (Å²) in [6.07, 6.45) is 0. The third-order valence-electron chi connectivity index (χ3n) is 3.20. The summed E-state index contributed by atoms with van der Waals surface area (Å²) in [5.41, 5.74) is 0.979. The summed E-state index contributed by atoms with van der Waals surface area (Å²) in [4.78, 5) is 22.3. The molecule has 0 saturated carbocycles. The van der Waals surface area contributed by atoms with E-state index < -0.39 is 11.0 Å². The minimum absolute atomic E-state index is 0.0849. The van der Waals surface area contributed by atoms with Crippen LogP contribution in [0.3, 0.4) is 0 Å². The maximum atomic E-state index is 12.0. The number of benzene rings is 1. The molecule has 0 spiro atoms. The number of nitro benzene ring substituents is 1. The van der Waals surface area contributed by atoms with E-state index in [0.29, 0.717) is 11.5 Å². The van der Waals surface area contributed by atoms with E-state index in [1.54, 1.807) is 23.9 Å². The smallest absolute Gasteiger partial charge is 0.307 e. The van der Waals surface area contributed by atoms with Crippen molar-refractivity contribution in [3.8, 4) is 0 Å². The van der Waals surface area contributed by atoms with Crippen molar-refractivity contribution < 1.29 is 9.72 Å². The summed E-state index contributed by atoms with van der Waals surface area (Å²) >= 11 is 0. The Balaban J connectivity index is 2.10. The number of carbonyl (C=O) groups excluding carboxylic acids is 1. The van der Waals surface area contributed by atoms with Gasteiger partial charge in [-0.25, -0.2) is 4.79 Å². The molecule has 2 N–H and O–H groups in total. The second-order valence-electron chi connectivity index (χ2n) is 6.17. The van der Waals surface area contributed by atoms with Gasteiger partial charge in [-0.2, -0.15) is 5.10 Å². The summed E-state index contributed by atoms with van der Waals surface area (Å²) in [6.45, 7) is 6.09. The highest BCUT2D eigenvalue weighted by Crippen LogP contribution is 2.23. The van der Waals surface area contributed by atoms with Crippen molar-refractivity contribution in [3.63, 3.8) is 0 Å². The van der Waals surface area contributed by atoms with Crippen LogP contribution in [0.15, 0.2) is 30.3 Å². The van der Waals surface area contributed by atoms with E-state index in [1.807, 2.05) is 20.8 Å². The summed E-state index contributed by atoms with van der Waals surface area (Å²) < 4.78 is 1.58. The number of amides is 2. The van der Waals surface area contributed by atoms with E-state index in [9.17, 15) is 14.9 Å². The Bertz CT molecular complexity index is 746. The average Bonchev–Trinajstić information content (AvgIpc) is 2.80. The van der Waals surface area contributed by atoms with Gasteiger partial charge < -0.3 is 5.32 Å². The third-order valence-corrected chi connectivity index (χ3v) is 3.20. The lowest BCUT2D eigenvalue weighted by molar-refractivity contribution is -0.384. The molecule has 23 heavy (non-hydrogen) atoms. The van der Waals surface area contributed by atoms with E-state index >= 15 is 0 Å². The van der Waals surface area contributed by atoms with Crippen molar-refractivity contribution in [2.45, 2.75) is 26.2 Å². The van der Waals surface area contributed by atoms with Gasteiger partial charge in [-0.1, -0.05) is 26.8 Å². The van der Waals surface area contributed by atoms with E-state index in [-0.39, 0.29) is 11.1 Å². The number of anilines is 2. The van der Waals surface area contributed by atoms with Crippen molar-refractivity contribution >= 4 is 23.2 Å². The highest BCUT2D eigenvalue weighted by Gasteiger charge is 2.19. The number of aryl methyl sites for hydroxylation is 1. The number of non-ortho nitro benzene ring substituents is 1. The summed E-state index contributed by atoms with van der Waals surface area (Å²) in [6, 6.07) is 7.05. The molecule has 0 aliphatic carbocycles. The van der Waals surface area contributed by atoms with Crippen molar-refractivity contribution in [1.82, 2.24) is 9.78 Å². The van der Waals surface area contributed by atoms with Gasteiger partial charge in [-0.15, -0.1) is 0 Å². The largest absolute Gasteiger partial charge is 0.324 e. The molecule has 1 aromatic carbocycles. The van der Waals surface area contributed by atoms with E-state index in [0.717, 1.165) is 5.69 Å². The number of nitrogens with one attached hydrogen (secondary N) is 2. The highest BCUT2D eigenvalue weighted by molar-refractivity contribution is 5.99. The molecule has 2 rings (SSSR count). The lowest BCUT2D eigenvalue weighted by Gasteiger charge is -2.13. The molecule has 0 atom stereocenters. The van der Waals surface area contributed by atoms with Crippen LogP contribution in [-0.2, 0) is 12.5 Å². The minimum Gasteiger partial charge on any atom is -0.307 e. The number of rotatable bonds is 3. The fourth-order valence-corrected chi connectivity index (χ4v) is 1.93. The number of nitro groups is 1. The molecule has 0 radical (unpaired) electrons. The van der Waals surface area contributed by atoms with Crippen LogP contribution in [0.2, 0.25) is 0 Å². The van der Waals surface area contributed by atoms with Gasteiger partial charge in [0.2, 0.25) is 0 Å². The molecule has 0 fully saturated rings. The predicted molar refractivity (Wildman–Crippen MR) is 87.6 cm³/mol. The van der Waals surface area contributed by atoms with Gasteiger partial charge in [0.25, 0.3) is 5.69 Å². The lowest BCUT2D eigenvalue weighted by Crippen LogP contribution is -2.21. The van der Waals surface area contributed by atoms with E-state index in [1.165, 1.54) is 18.2 Å². The maximum absolute atomic E-state index is 12.0. The van der Waals surface area contributed by atoms with Crippen LogP contribution in [0.5, 0.6) is 0 Å². The first-order valence-electron chi connectivity index (χ1n) is 7.04. The molecule has 122 valence electrons. The molecule has 1 aromatic heterocycles. The predicted octanol–water partition coefficient (Wildman–Crippen LogP) is 3.27. The quantitative estimate of drug-likeness (QED) is 0.670. The number of hydrogen-bond donors (Lipinski definition) is 2. The number of aromatic nitrogens is 2. The Morgan fingerprint density at radius 2 is 1.96 bits per heavy atom. The monoisotopic (exact) mass is 317 g/mol. The molecular formula is C15H19N5O3. The van der Waals surface area contributed by atoms with Gasteiger partial charge in [-0.05, 0) is 6.07 Å². The maximum Gasteiger partial charge on any atom is 0.324 e. The van der Waals surface area contributed by atoms with Crippen LogP contribution in [0.4, 0.5) is 22.0 Å². The van der Waals surface area contributed by atoms with Gasteiger partial charge in [0, 0.05) is 36.3 Å². The molecule has 8 heteroatoms. The molecular weight excluding hydrogens is 298 g/mol. The van der Waals surface area contributed by atoms with Crippen molar-refractivity contribution in [2.24, 2.45) is 7.05 Å². The third kappa shape index (κ3) is 4.06. The average molecular weight is 317 g/mol. The minimum atomic E-state index is -0.514. The number of carbonyl (C=O) groups is 1. The Morgan fingerprint density at radius 1 is 1.26 bits per heavy atom. The lowest BCUT2D eigenvalue weighted by atomic mass is 9.92. The van der Waals surface area contributed by atoms with Crippen LogP contribution in [0.25, 0.3) is 0 Å². The second-order valence-corrected chi connectivity index (χ2v) is 6.17. The van der Waals surface area contributed by atoms with Crippen molar-refractivity contribution in [1.29, 1.82) is 0 Å². The zero-order valence-corrected chi connectivity index (χ0v) is 13.5. The normalized spacial score (nSPS) is 11.1. The van der Waals surface area contributed by atoms with Gasteiger partial charge >= 0.3 is 6.03 Å². The molecule has 2 aromatic rings. The van der Waals surface area contributed by atoms with E-state index in [4.69, 9.17) is 0 Å². The topological polar surface area (TPSA) is 102 Å². The Kier molecular flexibility index (Phi) is 4.35. The zero-order chi connectivity index (χ0) is 17.2. The van der Waals surface area contributed by atoms with Crippen molar-refractivity contribution in [3.05, 3.63) is 46.1 Å². The van der Waals surface area contributed by atoms with Gasteiger partial charge in [0.15, 0.2) is 0 Å². The summed E-state index contributed by atoms with van der Waals surface area (Å²) in [5, 5.41) is 20.3. The fourth-order valence-electron chi connectivity index (χ4n) is 1.93. The first-order valence-corrected chi connectivity index (χ1v) is 7.04. The SMILES string of the molecule is Cn1nc(C(C)(C)C)cc1NC(=O)Nc1cccc([N+](=O)[O-])c1. The Morgan fingerprint density at radius 3 is 2.52 bits per heavy atom. The van der Waals surface area contributed by atoms with Gasteiger partial charge in [0.1, 0.15) is 5.82 Å². The van der Waals surface area contributed by atoms with Crippen LogP contribution in [0.1, 0.15) is 26.5 Å². The molecule has 2 amide bonds.